The number of hydrogen-bond acceptors (Lipinski definition) is 4. The fourth-order valence-corrected chi connectivity index (χ4v) is 1.71. The first-order valence-corrected chi connectivity index (χ1v) is 5.89. The van der Waals surface area contributed by atoms with Gasteiger partial charge in [0.05, 0.1) is 4.92 Å². The number of carboxylic acids is 1. The summed E-state index contributed by atoms with van der Waals surface area (Å²) in [6.45, 7) is 2.90. The average molecular weight is 264 g/mol. The van der Waals surface area contributed by atoms with Crippen LogP contribution in [-0.4, -0.2) is 22.5 Å². The molecule has 2 N–H and O–H groups in total. The number of nitro groups is 1. The maximum Gasteiger partial charge on any atom is 0.343 e. The van der Waals surface area contributed by atoms with E-state index in [1.165, 1.54) is 12.1 Å². The molecule has 1 rings (SSSR count). The highest BCUT2D eigenvalue weighted by Crippen LogP contribution is 2.22. The van der Waals surface area contributed by atoms with Crippen LogP contribution in [0.4, 0.5) is 5.69 Å². The molecule has 1 aromatic carbocycles. The van der Waals surface area contributed by atoms with Crippen molar-refractivity contribution in [2.75, 3.05) is 6.54 Å². The molecule has 0 radical (unpaired) electrons. The molecule has 0 spiro atoms. The molecule has 0 fully saturated rings. The quantitative estimate of drug-likeness (QED) is 0.341. The van der Waals surface area contributed by atoms with Gasteiger partial charge in [0, 0.05) is 12.6 Å². The van der Waals surface area contributed by atoms with E-state index in [0.29, 0.717) is 18.7 Å². The molecule has 0 aliphatic carbocycles. The zero-order chi connectivity index (χ0) is 14.3. The molecular weight excluding hydrogens is 248 g/mol. The minimum absolute atomic E-state index is 0.244. The maximum absolute atomic E-state index is 11.1. The predicted molar refractivity (Wildman–Crippen MR) is 71.2 cm³/mol. The van der Waals surface area contributed by atoms with E-state index in [9.17, 15) is 14.9 Å². The van der Waals surface area contributed by atoms with Crippen LogP contribution in [-0.2, 0) is 6.54 Å². The molecule has 0 atom stereocenters. The monoisotopic (exact) mass is 264 g/mol. The van der Waals surface area contributed by atoms with E-state index in [1.54, 1.807) is 6.07 Å². The highest BCUT2D eigenvalue weighted by Gasteiger charge is 2.22. The van der Waals surface area contributed by atoms with Gasteiger partial charge in [-0.15, -0.1) is 0 Å². The lowest BCUT2D eigenvalue weighted by Crippen LogP contribution is -2.17. The van der Waals surface area contributed by atoms with Gasteiger partial charge in [0.25, 0.3) is 5.69 Å². The second-order valence-corrected chi connectivity index (χ2v) is 3.91. The minimum atomic E-state index is -1.28. The van der Waals surface area contributed by atoms with E-state index in [0.717, 1.165) is 6.42 Å². The third kappa shape index (κ3) is 4.18. The molecule has 0 amide bonds. The van der Waals surface area contributed by atoms with Crippen LogP contribution in [0.1, 0.15) is 29.3 Å². The Bertz CT molecular complexity index is 497. The lowest BCUT2D eigenvalue weighted by molar-refractivity contribution is -0.385. The molecule has 19 heavy (non-hydrogen) atoms. The first kappa shape index (κ1) is 14.8. The van der Waals surface area contributed by atoms with Crippen molar-refractivity contribution in [1.29, 1.82) is 0 Å². The molecule has 0 aliphatic heterocycles. The normalized spacial score (nSPS) is 10.8. The lowest BCUT2D eigenvalue weighted by atomic mass is 10.1. The van der Waals surface area contributed by atoms with Gasteiger partial charge in [0.15, 0.2) is 0 Å². The van der Waals surface area contributed by atoms with Crippen LogP contribution in [0, 0.1) is 10.1 Å². The van der Waals surface area contributed by atoms with Crippen LogP contribution >= 0.6 is 0 Å². The van der Waals surface area contributed by atoms with Crippen molar-refractivity contribution in [3.63, 3.8) is 0 Å². The van der Waals surface area contributed by atoms with Crippen molar-refractivity contribution >= 4 is 11.7 Å². The number of carboxylic acid groups (broad SMARTS) is 1. The minimum Gasteiger partial charge on any atom is -0.477 e. The SMILES string of the molecule is C/C=C/CCNCc1cccc([N+](=O)[O-])c1C(=O)O. The van der Waals surface area contributed by atoms with Gasteiger partial charge in [0.1, 0.15) is 5.56 Å². The number of allylic oxidation sites excluding steroid dienone is 1. The van der Waals surface area contributed by atoms with Gasteiger partial charge in [0.2, 0.25) is 0 Å². The number of nitrogens with one attached hydrogen (secondary N) is 1. The number of nitro benzene ring substituents is 1. The average Bonchev–Trinajstić information content (AvgIpc) is 2.37. The van der Waals surface area contributed by atoms with Crippen molar-refractivity contribution in [3.05, 3.63) is 51.6 Å². The Morgan fingerprint density at radius 2 is 2.26 bits per heavy atom. The van der Waals surface area contributed by atoms with E-state index in [1.807, 2.05) is 19.1 Å². The zero-order valence-corrected chi connectivity index (χ0v) is 10.6. The number of rotatable bonds is 7. The molecule has 0 heterocycles. The standard InChI is InChI=1S/C13H16N2O4/c1-2-3-4-8-14-9-10-6-5-7-11(15(18)19)12(10)13(16)17/h2-3,5-7,14H,4,8-9H2,1H3,(H,16,17)/b3-2+. The summed E-state index contributed by atoms with van der Waals surface area (Å²) in [5.74, 6) is -1.28. The first-order valence-electron chi connectivity index (χ1n) is 5.89. The molecule has 0 bridgehead atoms. The van der Waals surface area contributed by atoms with Crippen LogP contribution in [0.3, 0.4) is 0 Å². The summed E-state index contributed by atoms with van der Waals surface area (Å²) >= 11 is 0. The Balaban J connectivity index is 2.85. The molecule has 1 aromatic rings. The Morgan fingerprint density at radius 3 is 2.84 bits per heavy atom. The summed E-state index contributed by atoms with van der Waals surface area (Å²) in [7, 11) is 0. The predicted octanol–water partition coefficient (Wildman–Crippen LogP) is 2.35. The third-order valence-electron chi connectivity index (χ3n) is 2.58. The maximum atomic E-state index is 11.1. The van der Waals surface area contributed by atoms with Crippen molar-refractivity contribution < 1.29 is 14.8 Å². The van der Waals surface area contributed by atoms with E-state index in [-0.39, 0.29) is 11.3 Å². The van der Waals surface area contributed by atoms with E-state index >= 15 is 0 Å². The molecule has 0 aromatic heterocycles. The summed E-state index contributed by atoms with van der Waals surface area (Å²) in [6, 6.07) is 4.28. The molecule has 0 aliphatic rings. The van der Waals surface area contributed by atoms with Gasteiger partial charge in [-0.1, -0.05) is 24.3 Å². The zero-order valence-electron chi connectivity index (χ0n) is 10.6. The van der Waals surface area contributed by atoms with Gasteiger partial charge < -0.3 is 10.4 Å². The fraction of sp³-hybridized carbons (Fsp3) is 0.308. The topological polar surface area (TPSA) is 92.5 Å². The molecular formula is C13H16N2O4. The van der Waals surface area contributed by atoms with Gasteiger partial charge in [-0.25, -0.2) is 4.79 Å². The van der Waals surface area contributed by atoms with Crippen LogP contribution in [0.5, 0.6) is 0 Å². The summed E-state index contributed by atoms with van der Waals surface area (Å²) < 4.78 is 0. The largest absolute Gasteiger partial charge is 0.477 e. The molecule has 6 heteroatoms. The van der Waals surface area contributed by atoms with Crippen molar-refractivity contribution in [2.45, 2.75) is 19.9 Å². The Labute approximate surface area is 110 Å². The number of hydrogen-bond donors (Lipinski definition) is 2. The Kier molecular flexibility index (Phi) is 5.69. The number of carbonyl (C=O) groups is 1. The summed E-state index contributed by atoms with van der Waals surface area (Å²) in [5.41, 5.74) is -0.200. The van der Waals surface area contributed by atoms with E-state index < -0.39 is 10.9 Å². The van der Waals surface area contributed by atoms with Gasteiger partial charge >= 0.3 is 5.97 Å². The summed E-state index contributed by atoms with van der Waals surface area (Å²) in [4.78, 5) is 21.3. The third-order valence-corrected chi connectivity index (χ3v) is 2.58. The second kappa shape index (κ2) is 7.27. The fourth-order valence-electron chi connectivity index (χ4n) is 1.71. The Morgan fingerprint density at radius 1 is 1.53 bits per heavy atom. The van der Waals surface area contributed by atoms with Crippen LogP contribution in [0.15, 0.2) is 30.4 Å². The highest BCUT2D eigenvalue weighted by molar-refractivity contribution is 5.94. The smallest absolute Gasteiger partial charge is 0.343 e. The van der Waals surface area contributed by atoms with Crippen molar-refractivity contribution in [1.82, 2.24) is 5.32 Å². The molecule has 102 valence electrons. The molecule has 6 nitrogen and oxygen atoms in total. The Hall–Kier alpha value is -2.21. The molecule has 0 saturated carbocycles. The summed E-state index contributed by atoms with van der Waals surface area (Å²) in [5, 5.41) is 23.0. The summed E-state index contributed by atoms with van der Waals surface area (Å²) in [6.07, 6.45) is 4.74. The van der Waals surface area contributed by atoms with Gasteiger partial charge in [-0.05, 0) is 25.5 Å². The van der Waals surface area contributed by atoms with Crippen molar-refractivity contribution in [2.24, 2.45) is 0 Å². The number of aromatic carboxylic acids is 1. The number of nitrogens with zero attached hydrogens (tertiary/aromatic N) is 1. The van der Waals surface area contributed by atoms with Crippen molar-refractivity contribution in [3.8, 4) is 0 Å². The lowest BCUT2D eigenvalue weighted by Gasteiger charge is -2.07. The van der Waals surface area contributed by atoms with Crippen LogP contribution < -0.4 is 5.32 Å². The number of benzene rings is 1. The van der Waals surface area contributed by atoms with Crippen LogP contribution in [0.25, 0.3) is 0 Å². The molecule has 0 saturated heterocycles. The van der Waals surface area contributed by atoms with Crippen LogP contribution in [0.2, 0.25) is 0 Å². The van der Waals surface area contributed by atoms with E-state index in [4.69, 9.17) is 5.11 Å². The highest BCUT2D eigenvalue weighted by atomic mass is 16.6. The second-order valence-electron chi connectivity index (χ2n) is 3.91. The van der Waals surface area contributed by atoms with E-state index in [2.05, 4.69) is 5.32 Å². The molecule has 0 unspecified atom stereocenters. The van der Waals surface area contributed by atoms with Gasteiger partial charge in [-0.2, -0.15) is 0 Å². The first-order chi connectivity index (χ1) is 9.07. The van der Waals surface area contributed by atoms with Gasteiger partial charge in [-0.3, -0.25) is 10.1 Å².